The highest BCUT2D eigenvalue weighted by Crippen LogP contribution is 2.64. The number of hydrogen-bond donors (Lipinski definition) is 1. The van der Waals surface area contributed by atoms with Crippen molar-refractivity contribution in [2.24, 2.45) is 16.5 Å². The Labute approximate surface area is 141 Å². The molecular formula is C19H22FNOS. The molecule has 0 aromatic heterocycles. The van der Waals surface area contributed by atoms with E-state index in [1.807, 2.05) is 6.92 Å². The van der Waals surface area contributed by atoms with Crippen molar-refractivity contribution in [1.29, 1.82) is 0 Å². The predicted molar refractivity (Wildman–Crippen MR) is 93.1 cm³/mol. The zero-order valence-electron chi connectivity index (χ0n) is 13.7. The fraction of sp³-hybridized carbons (Fsp3) is 0.368. The highest BCUT2D eigenvalue weighted by molar-refractivity contribution is 7.97. The van der Waals surface area contributed by atoms with Gasteiger partial charge in [0.05, 0.1) is 6.61 Å². The summed E-state index contributed by atoms with van der Waals surface area (Å²) in [5.41, 5.74) is 2.38. The van der Waals surface area contributed by atoms with E-state index in [9.17, 15) is 4.39 Å². The molecule has 0 unspecified atom stereocenters. The van der Waals surface area contributed by atoms with E-state index in [0.717, 1.165) is 16.2 Å². The number of benzene rings is 2. The van der Waals surface area contributed by atoms with Crippen molar-refractivity contribution in [3.05, 3.63) is 59.4 Å². The van der Waals surface area contributed by atoms with Crippen LogP contribution in [0.3, 0.4) is 0 Å². The van der Waals surface area contributed by atoms with E-state index >= 15 is 0 Å². The average molecular weight is 331 g/mol. The molecule has 0 saturated heterocycles. The van der Waals surface area contributed by atoms with Crippen LogP contribution in [0.25, 0.3) is 0 Å². The maximum atomic E-state index is 13.2. The van der Waals surface area contributed by atoms with Gasteiger partial charge in [-0.2, -0.15) is 0 Å². The van der Waals surface area contributed by atoms with Gasteiger partial charge in [-0.05, 0) is 71.7 Å². The molecule has 3 rings (SSSR count). The van der Waals surface area contributed by atoms with E-state index in [-0.39, 0.29) is 11.2 Å². The van der Waals surface area contributed by atoms with Crippen LogP contribution < -0.4 is 9.88 Å². The fourth-order valence-corrected chi connectivity index (χ4v) is 3.72. The lowest BCUT2D eigenvalue weighted by Crippen LogP contribution is -2.05. The summed E-state index contributed by atoms with van der Waals surface area (Å²) in [6, 6.07) is 13.1. The van der Waals surface area contributed by atoms with Crippen molar-refractivity contribution in [2.45, 2.75) is 31.6 Å². The van der Waals surface area contributed by atoms with Crippen LogP contribution in [0.5, 0.6) is 5.75 Å². The molecule has 4 heteroatoms. The second-order valence-corrected chi connectivity index (χ2v) is 7.52. The summed E-state index contributed by atoms with van der Waals surface area (Å²) >= 11 is 1.27. The van der Waals surface area contributed by atoms with Gasteiger partial charge in [-0.3, -0.25) is 5.14 Å². The summed E-state index contributed by atoms with van der Waals surface area (Å²) in [4.78, 5) is 1.07. The summed E-state index contributed by atoms with van der Waals surface area (Å²) in [7, 11) is 0. The van der Waals surface area contributed by atoms with Gasteiger partial charge in [-0.15, -0.1) is 0 Å². The maximum Gasteiger partial charge on any atom is 0.123 e. The Kier molecular flexibility index (Phi) is 4.39. The molecule has 0 aliphatic heterocycles. The van der Waals surface area contributed by atoms with Crippen LogP contribution in [-0.2, 0) is 0 Å². The van der Waals surface area contributed by atoms with Crippen molar-refractivity contribution < 1.29 is 9.13 Å². The molecule has 1 aliphatic rings. The lowest BCUT2D eigenvalue weighted by molar-refractivity contribution is 0.277. The molecule has 2 N–H and O–H groups in total. The molecule has 2 aromatic rings. The molecular weight excluding hydrogens is 309 g/mol. The van der Waals surface area contributed by atoms with Crippen molar-refractivity contribution >= 4 is 11.9 Å². The van der Waals surface area contributed by atoms with E-state index in [1.54, 1.807) is 6.07 Å². The third kappa shape index (κ3) is 3.24. The third-order valence-corrected chi connectivity index (χ3v) is 5.53. The molecule has 23 heavy (non-hydrogen) atoms. The first-order valence-electron chi connectivity index (χ1n) is 7.79. The van der Waals surface area contributed by atoms with Crippen molar-refractivity contribution in [2.75, 3.05) is 6.61 Å². The number of ether oxygens (including phenoxy) is 1. The molecule has 1 saturated carbocycles. The molecule has 2 nitrogen and oxygen atoms in total. The summed E-state index contributed by atoms with van der Waals surface area (Å²) in [6.45, 7) is 7.07. The highest BCUT2D eigenvalue weighted by atomic mass is 32.2. The van der Waals surface area contributed by atoms with Crippen molar-refractivity contribution in [3.8, 4) is 5.75 Å². The zero-order valence-corrected chi connectivity index (χ0v) is 14.5. The van der Waals surface area contributed by atoms with Crippen molar-refractivity contribution in [3.63, 3.8) is 0 Å². The Morgan fingerprint density at radius 1 is 1.17 bits per heavy atom. The van der Waals surface area contributed by atoms with Gasteiger partial charge in [0, 0.05) is 10.8 Å². The second-order valence-electron chi connectivity index (χ2n) is 6.81. The number of rotatable bonds is 5. The normalized spacial score (nSPS) is 22.0. The monoisotopic (exact) mass is 331 g/mol. The largest absolute Gasteiger partial charge is 0.493 e. The molecule has 122 valence electrons. The van der Waals surface area contributed by atoms with E-state index in [4.69, 9.17) is 9.88 Å². The minimum absolute atomic E-state index is 0.214. The van der Waals surface area contributed by atoms with Crippen LogP contribution in [0, 0.1) is 24.1 Å². The molecule has 1 aliphatic carbocycles. The van der Waals surface area contributed by atoms with Gasteiger partial charge in [0.25, 0.3) is 0 Å². The summed E-state index contributed by atoms with van der Waals surface area (Å²) < 4.78 is 19.1. The Bertz CT molecular complexity index is 699. The molecule has 1 fully saturated rings. The minimum Gasteiger partial charge on any atom is -0.493 e. The summed E-state index contributed by atoms with van der Waals surface area (Å²) in [6.07, 6.45) is 0. The molecule has 0 bridgehead atoms. The van der Waals surface area contributed by atoms with Gasteiger partial charge in [0.2, 0.25) is 0 Å². The number of hydrogen-bond acceptors (Lipinski definition) is 3. The Balaban J connectivity index is 1.68. The lowest BCUT2D eigenvalue weighted by Gasteiger charge is -2.09. The molecule has 0 heterocycles. The van der Waals surface area contributed by atoms with Gasteiger partial charge in [-0.1, -0.05) is 26.0 Å². The molecule has 0 spiro atoms. The Morgan fingerprint density at radius 3 is 2.48 bits per heavy atom. The topological polar surface area (TPSA) is 35.2 Å². The third-order valence-electron chi connectivity index (χ3n) is 4.98. The summed E-state index contributed by atoms with van der Waals surface area (Å²) in [5, 5.41) is 5.58. The number of aryl methyl sites for hydroxylation is 1. The fourth-order valence-electron chi connectivity index (χ4n) is 3.43. The molecule has 2 atom stereocenters. The highest BCUT2D eigenvalue weighted by Gasteiger charge is 2.58. The second kappa shape index (κ2) is 6.17. The van der Waals surface area contributed by atoms with Crippen LogP contribution in [0.15, 0.2) is 47.4 Å². The maximum absolute atomic E-state index is 13.2. The lowest BCUT2D eigenvalue weighted by atomic mass is 10.0. The number of nitrogens with two attached hydrogens (primary N) is 1. The van der Waals surface area contributed by atoms with Crippen LogP contribution in [0.2, 0.25) is 0 Å². The van der Waals surface area contributed by atoms with Crippen LogP contribution in [0.4, 0.5) is 4.39 Å². The Morgan fingerprint density at radius 2 is 1.87 bits per heavy atom. The van der Waals surface area contributed by atoms with Crippen LogP contribution in [0.1, 0.15) is 30.9 Å². The average Bonchev–Trinajstić information content (AvgIpc) is 3.07. The Hall–Kier alpha value is -1.52. The minimum atomic E-state index is -0.225. The smallest absolute Gasteiger partial charge is 0.123 e. The van der Waals surface area contributed by atoms with E-state index in [2.05, 4.69) is 38.1 Å². The van der Waals surface area contributed by atoms with Gasteiger partial charge < -0.3 is 4.74 Å². The van der Waals surface area contributed by atoms with Gasteiger partial charge in [-0.25, -0.2) is 4.39 Å². The van der Waals surface area contributed by atoms with Crippen molar-refractivity contribution in [1.82, 2.24) is 0 Å². The molecule has 2 aromatic carbocycles. The van der Waals surface area contributed by atoms with E-state index < -0.39 is 0 Å². The standard InChI is InChI=1S/C19H22FNOS/c1-12-10-14(20)6-9-17(12)22-11-16-18(19(16,2)3)13-4-7-15(23-21)8-5-13/h4-10,16,18H,11,21H2,1-3H3/t16-,18-/m1/s1. The molecule has 0 amide bonds. The van der Waals surface area contributed by atoms with Crippen LogP contribution in [-0.4, -0.2) is 6.61 Å². The zero-order chi connectivity index (χ0) is 16.6. The van der Waals surface area contributed by atoms with Gasteiger partial charge >= 0.3 is 0 Å². The van der Waals surface area contributed by atoms with Gasteiger partial charge in [0.15, 0.2) is 0 Å². The number of halogens is 1. The van der Waals surface area contributed by atoms with E-state index in [1.165, 1.54) is 29.6 Å². The SMILES string of the molecule is Cc1cc(F)ccc1OC[C@@H]1[C@@H](c2ccc(SN)cc2)C1(C)C. The summed E-state index contributed by atoms with van der Waals surface area (Å²) in [5.74, 6) is 1.49. The predicted octanol–water partition coefficient (Wildman–Crippen LogP) is 4.92. The first kappa shape index (κ1) is 16.3. The molecule has 0 radical (unpaired) electrons. The quantitative estimate of drug-likeness (QED) is 0.790. The van der Waals surface area contributed by atoms with E-state index in [0.29, 0.717) is 18.4 Å². The first-order chi connectivity index (χ1) is 10.9. The van der Waals surface area contributed by atoms with Gasteiger partial charge in [0.1, 0.15) is 11.6 Å². The van der Waals surface area contributed by atoms with Crippen LogP contribution >= 0.6 is 11.9 Å². The first-order valence-corrected chi connectivity index (χ1v) is 8.67.